The van der Waals surface area contributed by atoms with Crippen molar-refractivity contribution >= 4 is 56.3 Å². The quantitative estimate of drug-likeness (QED) is 0.150. The lowest BCUT2D eigenvalue weighted by Gasteiger charge is -2.16. The Balaban J connectivity index is 1.51. The van der Waals surface area contributed by atoms with Gasteiger partial charge in [-0.2, -0.15) is 5.26 Å². The molecule has 0 bridgehead atoms. The molecule has 1 aromatic heterocycles. The molecule has 0 radical (unpaired) electrons. The van der Waals surface area contributed by atoms with E-state index in [4.69, 9.17) is 37.4 Å². The van der Waals surface area contributed by atoms with Crippen LogP contribution in [0.1, 0.15) is 11.1 Å². The zero-order chi connectivity index (χ0) is 26.5. The van der Waals surface area contributed by atoms with Crippen LogP contribution in [0.4, 0.5) is 11.4 Å². The molecule has 0 unspecified atom stereocenters. The van der Waals surface area contributed by atoms with Crippen molar-refractivity contribution in [1.82, 2.24) is 4.98 Å². The third kappa shape index (κ3) is 5.12. The van der Waals surface area contributed by atoms with Gasteiger partial charge in [-0.3, -0.25) is 4.98 Å². The van der Waals surface area contributed by atoms with E-state index in [-0.39, 0.29) is 0 Å². The third-order valence-corrected chi connectivity index (χ3v) is 6.50. The second-order valence-electron chi connectivity index (χ2n) is 8.39. The van der Waals surface area contributed by atoms with Gasteiger partial charge in [0.1, 0.15) is 25.0 Å². The van der Waals surface area contributed by atoms with E-state index >= 15 is 0 Å². The minimum atomic E-state index is 0.342. The van der Waals surface area contributed by atoms with E-state index in [0.717, 1.165) is 27.2 Å². The Morgan fingerprint density at radius 1 is 0.921 bits per heavy atom. The number of pyridine rings is 1. The van der Waals surface area contributed by atoms with Gasteiger partial charge in [0.25, 0.3) is 0 Å². The van der Waals surface area contributed by atoms with E-state index in [0.29, 0.717) is 58.3 Å². The molecule has 1 heterocycles. The average molecular weight is 544 g/mol. The molecule has 0 atom stereocenters. The van der Waals surface area contributed by atoms with Gasteiger partial charge in [-0.05, 0) is 48.0 Å². The Morgan fingerprint density at radius 3 is 2.42 bits per heavy atom. The second kappa shape index (κ2) is 11.5. The van der Waals surface area contributed by atoms with Crippen molar-refractivity contribution in [3.05, 3.63) is 95.1 Å². The predicted molar refractivity (Wildman–Crippen MR) is 152 cm³/mol. The van der Waals surface area contributed by atoms with E-state index in [1.54, 1.807) is 19.4 Å². The number of benzene rings is 4. The van der Waals surface area contributed by atoms with Gasteiger partial charge in [0.05, 0.1) is 34.8 Å². The molecule has 0 saturated carbocycles. The van der Waals surface area contributed by atoms with E-state index in [1.165, 1.54) is 0 Å². The number of methoxy groups -OCH3 is 1. The molecule has 0 spiro atoms. The average Bonchev–Trinajstić information content (AvgIpc) is 2.95. The normalized spacial score (nSPS) is 10.8. The Bertz CT molecular complexity index is 1650. The van der Waals surface area contributed by atoms with Crippen LogP contribution in [0.5, 0.6) is 17.2 Å². The van der Waals surface area contributed by atoms with Gasteiger partial charge >= 0.3 is 0 Å². The SMILES string of the molecule is COc1ccc2c(ccc3c(Nc4ccc(OCc5ccccc5)c(Cl)c4)c(C#N)cnc32)c1OCCCl. The van der Waals surface area contributed by atoms with Gasteiger partial charge in [-0.1, -0.05) is 41.9 Å². The fourth-order valence-corrected chi connectivity index (χ4v) is 4.58. The molecule has 5 rings (SSSR count). The fraction of sp³-hybridized carbons (Fsp3) is 0.133. The summed E-state index contributed by atoms with van der Waals surface area (Å²) in [6, 6.07) is 25.2. The first-order chi connectivity index (χ1) is 18.6. The summed E-state index contributed by atoms with van der Waals surface area (Å²) in [5.41, 5.74) is 3.52. The number of halogens is 2. The lowest BCUT2D eigenvalue weighted by molar-refractivity contribution is 0.306. The number of hydrogen-bond donors (Lipinski definition) is 1. The van der Waals surface area contributed by atoms with Crippen molar-refractivity contribution in [3.63, 3.8) is 0 Å². The van der Waals surface area contributed by atoms with Crippen LogP contribution >= 0.6 is 23.2 Å². The number of nitrogens with one attached hydrogen (secondary N) is 1. The number of hydrogen-bond acceptors (Lipinski definition) is 6. The second-order valence-corrected chi connectivity index (χ2v) is 9.18. The molecule has 0 amide bonds. The molecule has 6 nitrogen and oxygen atoms in total. The highest BCUT2D eigenvalue weighted by atomic mass is 35.5. The molecule has 0 saturated heterocycles. The van der Waals surface area contributed by atoms with Crippen molar-refractivity contribution in [3.8, 4) is 23.3 Å². The molecule has 0 aliphatic heterocycles. The minimum Gasteiger partial charge on any atom is -0.493 e. The zero-order valence-corrected chi connectivity index (χ0v) is 22.0. The van der Waals surface area contributed by atoms with Gasteiger partial charge < -0.3 is 19.5 Å². The van der Waals surface area contributed by atoms with Crippen molar-refractivity contribution in [2.75, 3.05) is 24.9 Å². The molecule has 190 valence electrons. The summed E-state index contributed by atoms with van der Waals surface area (Å²) in [4.78, 5) is 4.61. The van der Waals surface area contributed by atoms with E-state index in [9.17, 15) is 5.26 Å². The summed E-state index contributed by atoms with van der Waals surface area (Å²) in [7, 11) is 1.60. The summed E-state index contributed by atoms with van der Waals surface area (Å²) in [6.45, 7) is 0.754. The van der Waals surface area contributed by atoms with E-state index in [1.807, 2.05) is 66.7 Å². The minimum absolute atomic E-state index is 0.342. The number of rotatable bonds is 9. The smallest absolute Gasteiger partial charge is 0.169 e. The summed E-state index contributed by atoms with van der Waals surface area (Å²) in [6.07, 6.45) is 1.56. The van der Waals surface area contributed by atoms with Gasteiger partial charge in [-0.15, -0.1) is 11.6 Å². The standard InChI is InChI=1S/C30H23Cl2N3O3/c1-36-27-12-10-22-23(30(27)37-14-13-31)8-9-24-28(20(16-33)17-34-29(22)24)35-21-7-11-26(25(32)15-21)38-18-19-5-3-2-4-6-19/h2-12,15,17H,13-14,18H2,1H3,(H,34,35). The van der Waals surface area contributed by atoms with Gasteiger partial charge in [0.2, 0.25) is 0 Å². The fourth-order valence-electron chi connectivity index (χ4n) is 4.27. The number of fused-ring (bicyclic) bond motifs is 3. The first-order valence-corrected chi connectivity index (χ1v) is 12.8. The van der Waals surface area contributed by atoms with Gasteiger partial charge in [0, 0.05) is 28.0 Å². The maximum Gasteiger partial charge on any atom is 0.169 e. The first-order valence-electron chi connectivity index (χ1n) is 11.9. The molecule has 0 fully saturated rings. The largest absolute Gasteiger partial charge is 0.493 e. The predicted octanol–water partition coefficient (Wildman–Crippen LogP) is 7.86. The highest BCUT2D eigenvalue weighted by Crippen LogP contribution is 2.41. The lowest BCUT2D eigenvalue weighted by Crippen LogP contribution is -2.02. The van der Waals surface area contributed by atoms with Crippen molar-refractivity contribution in [1.29, 1.82) is 5.26 Å². The van der Waals surface area contributed by atoms with Crippen molar-refractivity contribution in [2.24, 2.45) is 0 Å². The number of alkyl halides is 1. The monoisotopic (exact) mass is 543 g/mol. The van der Waals surface area contributed by atoms with Crippen LogP contribution in [0.25, 0.3) is 21.7 Å². The van der Waals surface area contributed by atoms with E-state index < -0.39 is 0 Å². The Morgan fingerprint density at radius 2 is 1.68 bits per heavy atom. The third-order valence-electron chi connectivity index (χ3n) is 6.05. The van der Waals surface area contributed by atoms with Crippen LogP contribution in [0.15, 0.2) is 79.0 Å². The molecule has 38 heavy (non-hydrogen) atoms. The molecule has 4 aromatic carbocycles. The van der Waals surface area contributed by atoms with Gasteiger partial charge in [-0.25, -0.2) is 0 Å². The van der Waals surface area contributed by atoms with Gasteiger partial charge in [0.15, 0.2) is 11.5 Å². The molecule has 1 N–H and O–H groups in total. The van der Waals surface area contributed by atoms with Crippen LogP contribution in [0, 0.1) is 11.3 Å². The summed E-state index contributed by atoms with van der Waals surface area (Å²) in [5.74, 6) is 2.14. The molecular weight excluding hydrogens is 521 g/mol. The van der Waals surface area contributed by atoms with E-state index in [2.05, 4.69) is 16.4 Å². The zero-order valence-electron chi connectivity index (χ0n) is 20.5. The number of aromatic nitrogens is 1. The Labute approximate surface area is 230 Å². The molecule has 0 aliphatic rings. The highest BCUT2D eigenvalue weighted by Gasteiger charge is 2.17. The van der Waals surface area contributed by atoms with Crippen molar-refractivity contribution in [2.45, 2.75) is 6.61 Å². The summed E-state index contributed by atoms with van der Waals surface area (Å²) >= 11 is 12.4. The van der Waals surface area contributed by atoms with Crippen molar-refractivity contribution < 1.29 is 14.2 Å². The van der Waals surface area contributed by atoms with Crippen LogP contribution in [0.2, 0.25) is 5.02 Å². The molecular formula is C30H23Cl2N3O3. The summed E-state index contributed by atoms with van der Waals surface area (Å²) in [5, 5.41) is 16.1. The molecule has 0 aliphatic carbocycles. The Kier molecular flexibility index (Phi) is 7.69. The first kappa shape index (κ1) is 25.5. The maximum absolute atomic E-state index is 9.83. The Hall–Kier alpha value is -4.18. The highest BCUT2D eigenvalue weighted by molar-refractivity contribution is 6.32. The van der Waals surface area contributed by atoms with Crippen LogP contribution < -0.4 is 19.5 Å². The lowest BCUT2D eigenvalue weighted by atomic mass is 10.0. The number of ether oxygens (including phenoxy) is 3. The van der Waals surface area contributed by atoms with Crippen LogP contribution in [0.3, 0.4) is 0 Å². The molecule has 8 heteroatoms. The van der Waals surface area contributed by atoms with Crippen LogP contribution in [-0.4, -0.2) is 24.6 Å². The topological polar surface area (TPSA) is 76.4 Å². The number of anilines is 2. The number of nitriles is 1. The summed E-state index contributed by atoms with van der Waals surface area (Å²) < 4.78 is 17.3. The maximum atomic E-state index is 9.83. The number of nitrogens with zero attached hydrogens (tertiary/aromatic N) is 2. The van der Waals surface area contributed by atoms with Crippen LogP contribution in [-0.2, 0) is 6.61 Å². The molecule has 5 aromatic rings.